The minimum atomic E-state index is -0.502. The largest absolute Gasteiger partial charge is 0.481 e. The van der Waals surface area contributed by atoms with Gasteiger partial charge >= 0.3 is 6.09 Å². The lowest BCUT2D eigenvalue weighted by Crippen LogP contribution is -2.51. The van der Waals surface area contributed by atoms with Gasteiger partial charge in [-0.15, -0.1) is 0 Å². The van der Waals surface area contributed by atoms with Gasteiger partial charge < -0.3 is 20.1 Å². The quantitative estimate of drug-likeness (QED) is 0.844. The Bertz CT molecular complexity index is 496. The van der Waals surface area contributed by atoms with Crippen molar-refractivity contribution in [3.8, 4) is 5.88 Å². The lowest BCUT2D eigenvalue weighted by Gasteiger charge is -2.28. The van der Waals surface area contributed by atoms with Crippen LogP contribution in [0.15, 0.2) is 18.2 Å². The molecule has 22 heavy (non-hydrogen) atoms. The predicted molar refractivity (Wildman–Crippen MR) is 85.9 cm³/mol. The average molecular weight is 309 g/mol. The van der Waals surface area contributed by atoms with Crippen LogP contribution in [-0.2, 0) is 11.3 Å². The van der Waals surface area contributed by atoms with Crippen LogP contribution in [0.3, 0.4) is 0 Å². The molecule has 1 aromatic heterocycles. The van der Waals surface area contributed by atoms with Crippen LogP contribution in [0.4, 0.5) is 4.79 Å². The van der Waals surface area contributed by atoms with Crippen LogP contribution in [0.2, 0.25) is 0 Å². The molecule has 1 rings (SSSR count). The summed E-state index contributed by atoms with van der Waals surface area (Å²) in [6.45, 7) is 10.6. The summed E-state index contributed by atoms with van der Waals surface area (Å²) in [6.07, 6.45) is -0.418. The first-order valence-electron chi connectivity index (χ1n) is 7.33. The highest BCUT2D eigenvalue weighted by Crippen LogP contribution is 2.10. The number of ether oxygens (including phenoxy) is 2. The number of carbonyl (C=O) groups excluding carboxylic acids is 1. The number of pyridine rings is 1. The Morgan fingerprint density at radius 3 is 2.50 bits per heavy atom. The van der Waals surface area contributed by atoms with Crippen molar-refractivity contribution < 1.29 is 14.3 Å². The smallest absolute Gasteiger partial charge is 0.408 e. The summed E-state index contributed by atoms with van der Waals surface area (Å²) >= 11 is 0. The van der Waals surface area contributed by atoms with E-state index >= 15 is 0 Å². The number of carbonyl (C=O) groups is 1. The van der Waals surface area contributed by atoms with E-state index in [-0.39, 0.29) is 0 Å². The van der Waals surface area contributed by atoms with E-state index in [0.29, 0.717) is 19.0 Å². The van der Waals surface area contributed by atoms with Crippen LogP contribution >= 0.6 is 0 Å². The van der Waals surface area contributed by atoms with E-state index in [1.54, 1.807) is 13.2 Å². The molecular formula is C16H27N3O3. The van der Waals surface area contributed by atoms with E-state index in [4.69, 9.17) is 9.47 Å². The Kier molecular flexibility index (Phi) is 6.17. The number of nitrogens with one attached hydrogen (secondary N) is 2. The molecule has 1 amide bonds. The van der Waals surface area contributed by atoms with Crippen LogP contribution in [0, 0.1) is 0 Å². The Morgan fingerprint density at radius 1 is 1.23 bits per heavy atom. The van der Waals surface area contributed by atoms with Gasteiger partial charge in [0.2, 0.25) is 5.88 Å². The first kappa shape index (κ1) is 18.2. The Balaban J connectivity index is 2.43. The summed E-state index contributed by atoms with van der Waals surface area (Å²) in [4.78, 5) is 16.1. The highest BCUT2D eigenvalue weighted by Gasteiger charge is 2.24. The van der Waals surface area contributed by atoms with E-state index in [1.165, 1.54) is 0 Å². The maximum atomic E-state index is 11.8. The first-order chi connectivity index (χ1) is 10.1. The summed E-state index contributed by atoms with van der Waals surface area (Å²) in [5.41, 5.74) is -0.0494. The van der Waals surface area contributed by atoms with Gasteiger partial charge in [0.15, 0.2) is 0 Å². The number of methoxy groups -OCH3 is 1. The molecule has 0 radical (unpaired) electrons. The fraction of sp³-hybridized carbons (Fsp3) is 0.625. The minimum Gasteiger partial charge on any atom is -0.481 e. The zero-order valence-electron chi connectivity index (χ0n) is 14.3. The second kappa shape index (κ2) is 7.45. The van der Waals surface area contributed by atoms with Crippen LogP contribution < -0.4 is 15.4 Å². The average Bonchev–Trinajstić information content (AvgIpc) is 2.35. The van der Waals surface area contributed by atoms with E-state index in [9.17, 15) is 4.79 Å². The van der Waals surface area contributed by atoms with Gasteiger partial charge in [0.1, 0.15) is 5.60 Å². The fourth-order valence-electron chi connectivity index (χ4n) is 1.80. The fourth-order valence-corrected chi connectivity index (χ4v) is 1.80. The summed E-state index contributed by atoms with van der Waals surface area (Å²) < 4.78 is 10.4. The number of aromatic nitrogens is 1. The van der Waals surface area contributed by atoms with E-state index in [2.05, 4.69) is 15.6 Å². The highest BCUT2D eigenvalue weighted by atomic mass is 16.6. The molecular weight excluding hydrogens is 282 g/mol. The van der Waals surface area contributed by atoms with Gasteiger partial charge in [0, 0.05) is 19.2 Å². The molecule has 0 aliphatic carbocycles. The number of alkyl carbamates (subject to hydrolysis) is 1. The van der Waals surface area contributed by atoms with E-state index in [0.717, 1.165) is 5.69 Å². The molecule has 1 aromatic rings. The number of hydrogen-bond acceptors (Lipinski definition) is 5. The zero-order chi connectivity index (χ0) is 16.8. The summed E-state index contributed by atoms with van der Waals surface area (Å²) in [5.74, 6) is 0.588. The molecule has 6 nitrogen and oxygen atoms in total. The number of rotatable bonds is 6. The molecule has 0 unspecified atom stereocenters. The molecule has 0 bridgehead atoms. The Hall–Kier alpha value is -1.82. The van der Waals surface area contributed by atoms with Crippen molar-refractivity contribution in [1.29, 1.82) is 0 Å². The van der Waals surface area contributed by atoms with Gasteiger partial charge in [-0.3, -0.25) is 0 Å². The minimum absolute atomic E-state index is 0.418. The van der Waals surface area contributed by atoms with Gasteiger partial charge in [0.05, 0.1) is 18.3 Å². The molecule has 124 valence electrons. The third-order valence-electron chi connectivity index (χ3n) is 2.70. The first-order valence-corrected chi connectivity index (χ1v) is 7.33. The molecule has 0 atom stereocenters. The van der Waals surface area contributed by atoms with Crippen LogP contribution in [0.1, 0.15) is 40.3 Å². The van der Waals surface area contributed by atoms with Crippen molar-refractivity contribution in [3.05, 3.63) is 23.9 Å². The summed E-state index contributed by atoms with van der Waals surface area (Å²) in [7, 11) is 1.59. The summed E-state index contributed by atoms with van der Waals surface area (Å²) in [6, 6.07) is 5.62. The van der Waals surface area contributed by atoms with E-state index < -0.39 is 17.2 Å². The highest BCUT2D eigenvalue weighted by molar-refractivity contribution is 5.68. The molecule has 0 spiro atoms. The van der Waals surface area contributed by atoms with E-state index in [1.807, 2.05) is 46.8 Å². The topological polar surface area (TPSA) is 72.5 Å². The van der Waals surface area contributed by atoms with Crippen molar-refractivity contribution in [3.63, 3.8) is 0 Å². The van der Waals surface area contributed by atoms with Gasteiger partial charge in [-0.1, -0.05) is 6.07 Å². The molecule has 0 aliphatic heterocycles. The lowest BCUT2D eigenvalue weighted by molar-refractivity contribution is 0.0472. The van der Waals surface area contributed by atoms with Gasteiger partial charge in [-0.25, -0.2) is 9.78 Å². The molecule has 0 saturated heterocycles. The van der Waals surface area contributed by atoms with Gasteiger partial charge in [-0.05, 0) is 40.7 Å². The molecule has 1 heterocycles. The van der Waals surface area contributed by atoms with Gasteiger partial charge in [0.25, 0.3) is 0 Å². The molecule has 0 fully saturated rings. The predicted octanol–water partition coefficient (Wildman–Crippen LogP) is 2.48. The second-order valence-corrected chi connectivity index (χ2v) is 6.79. The van der Waals surface area contributed by atoms with Crippen LogP contribution in [-0.4, -0.2) is 35.9 Å². The van der Waals surface area contributed by atoms with Crippen molar-refractivity contribution in [2.24, 2.45) is 0 Å². The maximum absolute atomic E-state index is 11.8. The molecule has 2 N–H and O–H groups in total. The third kappa shape index (κ3) is 7.26. The van der Waals surface area contributed by atoms with Crippen molar-refractivity contribution in [2.75, 3.05) is 13.7 Å². The standard InChI is InChI=1S/C16H27N3O3/c1-15(2,3)22-14(20)19-16(4,5)11-17-10-12-8-7-9-13(18-12)21-6/h7-9,17H,10-11H2,1-6H3,(H,19,20). The monoisotopic (exact) mass is 309 g/mol. The SMILES string of the molecule is COc1cccc(CNCC(C)(C)NC(=O)OC(C)(C)C)n1. The third-order valence-corrected chi connectivity index (χ3v) is 2.70. The Labute approximate surface area is 132 Å². The number of nitrogens with zero attached hydrogens (tertiary/aromatic N) is 1. The molecule has 0 aromatic carbocycles. The normalized spacial score (nSPS) is 11.9. The van der Waals surface area contributed by atoms with Crippen LogP contribution in [0.25, 0.3) is 0 Å². The van der Waals surface area contributed by atoms with Gasteiger partial charge in [-0.2, -0.15) is 0 Å². The lowest BCUT2D eigenvalue weighted by atomic mass is 10.1. The number of hydrogen-bond donors (Lipinski definition) is 2. The van der Waals surface area contributed by atoms with Crippen molar-refractivity contribution in [1.82, 2.24) is 15.6 Å². The zero-order valence-corrected chi connectivity index (χ0v) is 14.3. The molecule has 0 saturated carbocycles. The molecule has 6 heteroatoms. The summed E-state index contributed by atoms with van der Waals surface area (Å²) in [5, 5.41) is 6.13. The second-order valence-electron chi connectivity index (χ2n) is 6.79. The molecule has 0 aliphatic rings. The maximum Gasteiger partial charge on any atom is 0.408 e. The Morgan fingerprint density at radius 2 is 1.91 bits per heavy atom. The van der Waals surface area contributed by atoms with Crippen LogP contribution in [0.5, 0.6) is 5.88 Å². The van der Waals surface area contributed by atoms with Crippen molar-refractivity contribution >= 4 is 6.09 Å². The van der Waals surface area contributed by atoms with Crippen molar-refractivity contribution in [2.45, 2.75) is 52.3 Å². The number of amides is 1.